The monoisotopic (exact) mass is 704 g/mol. The zero-order valence-electron chi connectivity index (χ0n) is 28.0. The molecule has 0 saturated carbocycles. The first-order valence-corrected chi connectivity index (χ1v) is 17.3. The van der Waals surface area contributed by atoms with Crippen molar-refractivity contribution in [2.24, 2.45) is 0 Å². The summed E-state index contributed by atoms with van der Waals surface area (Å²) in [7, 11) is 0. The fourth-order valence-electron chi connectivity index (χ4n) is 8.42. The predicted octanol–water partition coefficient (Wildman–Crippen LogP) is 9.04. The standard InChI is InChI=1S/C46H22F2N2O4/c47-27-13-9-23(10-14-27)25-17-33-41-35(19-25)45(53)31-21-32-40(22-39(31)49(41)37-7-3-1-5-29(37)43(33)51)50-38-8-4-2-6-30(38)44(52)34-18-26(20-36(42(34)50)46(32)54)24-11-15-28(48)16-12-24/h1-22H. The lowest BCUT2D eigenvalue weighted by atomic mass is 9.95. The number of pyridine rings is 4. The molecule has 11 rings (SSSR count). The molecule has 0 N–H and O–H groups in total. The maximum absolute atomic E-state index is 14.8. The third-order valence-electron chi connectivity index (χ3n) is 10.9. The lowest BCUT2D eigenvalue weighted by molar-refractivity contribution is 0.627. The molecule has 4 heterocycles. The van der Waals surface area contributed by atoms with E-state index in [-0.39, 0.29) is 43.3 Å². The molecule has 0 aliphatic heterocycles. The molecule has 0 aliphatic carbocycles. The highest BCUT2D eigenvalue weighted by atomic mass is 19.1. The summed E-state index contributed by atoms with van der Waals surface area (Å²) in [5.41, 5.74) is 4.19. The molecule has 0 aliphatic rings. The minimum Gasteiger partial charge on any atom is -0.307 e. The Hall–Kier alpha value is -7.32. The summed E-state index contributed by atoms with van der Waals surface area (Å²) < 4.78 is 31.7. The van der Waals surface area contributed by atoms with Gasteiger partial charge in [0.15, 0.2) is 21.7 Å². The zero-order valence-corrected chi connectivity index (χ0v) is 28.0. The molecule has 0 amide bonds. The summed E-state index contributed by atoms with van der Waals surface area (Å²) in [4.78, 5) is 57.9. The van der Waals surface area contributed by atoms with Crippen molar-refractivity contribution < 1.29 is 8.78 Å². The Kier molecular flexibility index (Phi) is 5.96. The van der Waals surface area contributed by atoms with Gasteiger partial charge in [0.1, 0.15) is 11.6 Å². The van der Waals surface area contributed by atoms with Crippen molar-refractivity contribution in [1.82, 2.24) is 8.80 Å². The van der Waals surface area contributed by atoms with Crippen molar-refractivity contribution in [3.63, 3.8) is 0 Å². The van der Waals surface area contributed by atoms with E-state index in [1.165, 1.54) is 24.3 Å². The highest BCUT2D eigenvalue weighted by Gasteiger charge is 2.23. The Labute approximate surface area is 301 Å². The van der Waals surface area contributed by atoms with E-state index < -0.39 is 11.6 Å². The van der Waals surface area contributed by atoms with Gasteiger partial charge < -0.3 is 8.80 Å². The Balaban J connectivity index is 1.38. The van der Waals surface area contributed by atoms with Crippen LogP contribution in [0, 0.1) is 11.6 Å². The van der Waals surface area contributed by atoms with Gasteiger partial charge in [0, 0.05) is 43.1 Å². The average Bonchev–Trinajstić information content (AvgIpc) is 3.20. The van der Waals surface area contributed by atoms with Gasteiger partial charge in [-0.15, -0.1) is 0 Å². The lowest BCUT2D eigenvalue weighted by Gasteiger charge is -2.18. The molecule has 0 fully saturated rings. The van der Waals surface area contributed by atoms with Gasteiger partial charge in [-0.25, -0.2) is 8.78 Å². The van der Waals surface area contributed by atoms with Crippen molar-refractivity contribution in [1.29, 1.82) is 0 Å². The van der Waals surface area contributed by atoms with Gasteiger partial charge in [0.25, 0.3) is 0 Å². The van der Waals surface area contributed by atoms with Gasteiger partial charge in [0.05, 0.1) is 33.1 Å². The number of benzene rings is 7. The maximum atomic E-state index is 14.8. The van der Waals surface area contributed by atoms with Crippen LogP contribution >= 0.6 is 0 Å². The molecule has 0 spiro atoms. The van der Waals surface area contributed by atoms with E-state index in [0.29, 0.717) is 76.9 Å². The van der Waals surface area contributed by atoms with Crippen LogP contribution in [0.5, 0.6) is 0 Å². The van der Waals surface area contributed by atoms with E-state index in [0.717, 1.165) is 0 Å². The minimum absolute atomic E-state index is 0.245. The molecule has 8 heteroatoms. The van der Waals surface area contributed by atoms with E-state index in [2.05, 4.69) is 0 Å². The minimum atomic E-state index is -0.409. The Morgan fingerprint density at radius 3 is 1.06 bits per heavy atom. The van der Waals surface area contributed by atoms with Crippen LogP contribution in [0.25, 0.3) is 98.4 Å². The molecular weight excluding hydrogens is 683 g/mol. The van der Waals surface area contributed by atoms with E-state index in [4.69, 9.17) is 0 Å². The molecule has 54 heavy (non-hydrogen) atoms. The van der Waals surface area contributed by atoms with Gasteiger partial charge in [0.2, 0.25) is 0 Å². The number of rotatable bonds is 2. The summed E-state index contributed by atoms with van der Waals surface area (Å²) in [5, 5.41) is 2.62. The number of para-hydroxylation sites is 2. The summed E-state index contributed by atoms with van der Waals surface area (Å²) in [5.74, 6) is -0.819. The second-order valence-electron chi connectivity index (χ2n) is 13.8. The summed E-state index contributed by atoms with van der Waals surface area (Å²) in [6.45, 7) is 0. The van der Waals surface area contributed by atoms with Crippen molar-refractivity contribution in [3.8, 4) is 22.3 Å². The smallest absolute Gasteiger partial charge is 0.197 e. The van der Waals surface area contributed by atoms with E-state index in [9.17, 15) is 28.0 Å². The molecule has 0 atom stereocenters. The Bertz CT molecular complexity index is 3460. The van der Waals surface area contributed by atoms with Crippen LogP contribution in [-0.2, 0) is 0 Å². The summed E-state index contributed by atoms with van der Waals surface area (Å²) in [6, 6.07) is 36.5. The molecule has 6 nitrogen and oxygen atoms in total. The largest absolute Gasteiger partial charge is 0.307 e. The first-order chi connectivity index (χ1) is 26.3. The highest BCUT2D eigenvalue weighted by molar-refractivity contribution is 6.14. The van der Waals surface area contributed by atoms with Crippen LogP contribution in [0.4, 0.5) is 8.78 Å². The van der Waals surface area contributed by atoms with Crippen molar-refractivity contribution in [2.45, 2.75) is 0 Å². The van der Waals surface area contributed by atoms with Crippen LogP contribution in [0.1, 0.15) is 0 Å². The third-order valence-corrected chi connectivity index (χ3v) is 10.9. The van der Waals surface area contributed by atoms with E-state index in [1.807, 2.05) is 33.1 Å². The first-order valence-electron chi connectivity index (χ1n) is 17.3. The van der Waals surface area contributed by atoms with Gasteiger partial charge in [-0.1, -0.05) is 48.5 Å². The molecule has 254 valence electrons. The van der Waals surface area contributed by atoms with Crippen LogP contribution in [0.15, 0.2) is 153 Å². The Morgan fingerprint density at radius 1 is 0.315 bits per heavy atom. The number of halogens is 2. The van der Waals surface area contributed by atoms with Gasteiger partial charge >= 0.3 is 0 Å². The number of hydrogen-bond donors (Lipinski definition) is 0. The second kappa shape index (κ2) is 10.6. The molecule has 7 aromatic carbocycles. The molecule has 0 unspecified atom stereocenters. The maximum Gasteiger partial charge on any atom is 0.197 e. The molecule has 0 radical (unpaired) electrons. The SMILES string of the molecule is O=c1c2ccccc2n2c3cc4c(cc3c(=O)c3cc(-c5ccc(F)cc5)cc1c32)c(=O)c1cc(-c2ccc(F)cc2)cc2c(=O)c3ccccc3n4c21. The molecule has 4 aromatic heterocycles. The molecule has 0 saturated heterocycles. The zero-order chi connectivity index (χ0) is 36.6. The van der Waals surface area contributed by atoms with Crippen LogP contribution in [-0.4, -0.2) is 8.80 Å². The fourth-order valence-corrected chi connectivity index (χ4v) is 8.42. The van der Waals surface area contributed by atoms with E-state index >= 15 is 0 Å². The lowest BCUT2D eigenvalue weighted by Crippen LogP contribution is -2.17. The topological polar surface area (TPSA) is 77.1 Å². The summed E-state index contributed by atoms with van der Waals surface area (Å²) >= 11 is 0. The quantitative estimate of drug-likeness (QED) is 0.133. The molecule has 0 bridgehead atoms. The van der Waals surface area contributed by atoms with Crippen LogP contribution in [0.3, 0.4) is 0 Å². The predicted molar refractivity (Wildman–Crippen MR) is 212 cm³/mol. The van der Waals surface area contributed by atoms with Crippen LogP contribution in [0.2, 0.25) is 0 Å². The first kappa shape index (κ1) is 30.3. The van der Waals surface area contributed by atoms with Gasteiger partial charge in [-0.05, 0) is 107 Å². The number of nitrogens with zero attached hydrogens (tertiary/aromatic N) is 2. The third kappa shape index (κ3) is 3.96. The number of fused-ring (bicyclic) bond motifs is 8. The average molecular weight is 705 g/mol. The highest BCUT2D eigenvalue weighted by Crippen LogP contribution is 2.35. The van der Waals surface area contributed by atoms with Crippen molar-refractivity contribution in [2.75, 3.05) is 0 Å². The van der Waals surface area contributed by atoms with Crippen molar-refractivity contribution >= 4 is 76.2 Å². The molecule has 11 aromatic rings. The fraction of sp³-hybridized carbons (Fsp3) is 0. The second-order valence-corrected chi connectivity index (χ2v) is 13.8. The number of aromatic nitrogens is 2. The summed E-state index contributed by atoms with van der Waals surface area (Å²) in [6.07, 6.45) is 0. The van der Waals surface area contributed by atoms with Gasteiger partial charge in [-0.3, -0.25) is 19.2 Å². The van der Waals surface area contributed by atoms with Gasteiger partial charge in [-0.2, -0.15) is 0 Å². The van der Waals surface area contributed by atoms with Crippen LogP contribution < -0.4 is 21.7 Å². The van der Waals surface area contributed by atoms with Crippen molar-refractivity contribution in [3.05, 3.63) is 186 Å². The van der Waals surface area contributed by atoms with E-state index in [1.54, 1.807) is 84.9 Å². The Morgan fingerprint density at radius 2 is 0.667 bits per heavy atom. The normalized spacial score (nSPS) is 12.2. The molecular formula is C46H22F2N2O4. The number of hydrogen-bond acceptors (Lipinski definition) is 4.